The average molecular weight is 241 g/mol. The lowest BCUT2D eigenvalue weighted by molar-refractivity contribution is -0.124. The zero-order valence-electron chi connectivity index (χ0n) is 11.6. The van der Waals surface area contributed by atoms with Crippen LogP contribution in [-0.4, -0.2) is 43.0 Å². The van der Waals surface area contributed by atoms with Crippen LogP contribution in [0.4, 0.5) is 0 Å². The molecule has 1 fully saturated rings. The van der Waals surface area contributed by atoms with Crippen molar-refractivity contribution < 1.29 is 9.53 Å². The smallest absolute Gasteiger partial charge is 0.149 e. The standard InChI is InChI=1S/C14H27NO2/c1-4-9-17-13-7-6-8-15(10-13)11-14(16)12(3)5-2/h12-13H,4-11H2,1-3H3. The molecule has 17 heavy (non-hydrogen) atoms. The SMILES string of the molecule is CCCOC1CCCN(CC(=O)C(C)CC)C1. The first-order valence-corrected chi connectivity index (χ1v) is 7.04. The van der Waals surface area contributed by atoms with Gasteiger partial charge in [0.25, 0.3) is 0 Å². The molecule has 100 valence electrons. The molecule has 0 aromatic carbocycles. The normalized spacial score (nSPS) is 23.6. The van der Waals surface area contributed by atoms with Crippen molar-refractivity contribution in [2.45, 2.75) is 52.6 Å². The van der Waals surface area contributed by atoms with E-state index in [0.717, 1.165) is 45.4 Å². The summed E-state index contributed by atoms with van der Waals surface area (Å²) in [6.45, 7) is 9.67. The third-order valence-corrected chi connectivity index (χ3v) is 3.56. The van der Waals surface area contributed by atoms with Gasteiger partial charge < -0.3 is 4.74 Å². The van der Waals surface area contributed by atoms with E-state index in [1.165, 1.54) is 0 Å². The van der Waals surface area contributed by atoms with Gasteiger partial charge in [0.1, 0.15) is 5.78 Å². The zero-order valence-corrected chi connectivity index (χ0v) is 11.6. The van der Waals surface area contributed by atoms with Gasteiger partial charge in [0.05, 0.1) is 12.6 Å². The van der Waals surface area contributed by atoms with Crippen molar-refractivity contribution >= 4 is 5.78 Å². The lowest BCUT2D eigenvalue weighted by Gasteiger charge is -2.32. The highest BCUT2D eigenvalue weighted by Gasteiger charge is 2.23. The van der Waals surface area contributed by atoms with Gasteiger partial charge in [0.15, 0.2) is 0 Å². The summed E-state index contributed by atoms with van der Waals surface area (Å²) in [6, 6.07) is 0. The van der Waals surface area contributed by atoms with Crippen LogP contribution in [0.5, 0.6) is 0 Å². The van der Waals surface area contributed by atoms with Crippen LogP contribution in [0.3, 0.4) is 0 Å². The van der Waals surface area contributed by atoms with Crippen LogP contribution in [0, 0.1) is 5.92 Å². The lowest BCUT2D eigenvalue weighted by Crippen LogP contribution is -2.43. The second-order valence-electron chi connectivity index (χ2n) is 5.15. The van der Waals surface area contributed by atoms with Crippen LogP contribution < -0.4 is 0 Å². The second-order valence-corrected chi connectivity index (χ2v) is 5.15. The monoisotopic (exact) mass is 241 g/mol. The Balaban J connectivity index is 2.31. The molecule has 0 saturated carbocycles. The fraction of sp³-hybridized carbons (Fsp3) is 0.929. The fourth-order valence-corrected chi connectivity index (χ4v) is 2.18. The van der Waals surface area contributed by atoms with Crippen molar-refractivity contribution in [2.24, 2.45) is 5.92 Å². The van der Waals surface area contributed by atoms with Crippen LogP contribution >= 0.6 is 0 Å². The summed E-state index contributed by atoms with van der Waals surface area (Å²) in [6.07, 6.45) is 4.66. The second kappa shape index (κ2) is 7.83. The van der Waals surface area contributed by atoms with Crippen LogP contribution in [0.1, 0.15) is 46.5 Å². The predicted octanol–water partition coefficient (Wildman–Crippen LogP) is 2.49. The summed E-state index contributed by atoms with van der Waals surface area (Å²) < 4.78 is 5.78. The van der Waals surface area contributed by atoms with Crippen molar-refractivity contribution in [3.8, 4) is 0 Å². The first-order chi connectivity index (χ1) is 8.17. The van der Waals surface area contributed by atoms with E-state index in [9.17, 15) is 4.79 Å². The molecule has 0 amide bonds. The Morgan fingerprint density at radius 1 is 1.47 bits per heavy atom. The molecule has 1 saturated heterocycles. The van der Waals surface area contributed by atoms with Crippen molar-refractivity contribution in [1.82, 2.24) is 4.90 Å². The van der Waals surface area contributed by atoms with E-state index in [1.807, 2.05) is 6.92 Å². The average Bonchev–Trinajstić information content (AvgIpc) is 2.35. The molecule has 0 aromatic rings. The number of carbonyl (C=O) groups is 1. The number of hydrogen-bond acceptors (Lipinski definition) is 3. The number of hydrogen-bond donors (Lipinski definition) is 0. The molecule has 1 heterocycles. The van der Waals surface area contributed by atoms with Gasteiger partial charge in [-0.25, -0.2) is 0 Å². The molecule has 2 unspecified atom stereocenters. The Labute approximate surface area is 106 Å². The topological polar surface area (TPSA) is 29.5 Å². The number of nitrogens with zero attached hydrogens (tertiary/aromatic N) is 1. The maximum absolute atomic E-state index is 11.9. The summed E-state index contributed by atoms with van der Waals surface area (Å²) in [5.41, 5.74) is 0. The van der Waals surface area contributed by atoms with E-state index >= 15 is 0 Å². The third kappa shape index (κ3) is 5.17. The maximum atomic E-state index is 11.9. The molecular weight excluding hydrogens is 214 g/mol. The van der Waals surface area contributed by atoms with E-state index in [-0.39, 0.29) is 5.92 Å². The minimum atomic E-state index is 0.201. The molecule has 0 aliphatic carbocycles. The minimum absolute atomic E-state index is 0.201. The molecule has 0 spiro atoms. The van der Waals surface area contributed by atoms with E-state index in [2.05, 4.69) is 18.7 Å². The third-order valence-electron chi connectivity index (χ3n) is 3.56. The molecule has 0 radical (unpaired) electrons. The van der Waals surface area contributed by atoms with Crippen LogP contribution in [0.15, 0.2) is 0 Å². The minimum Gasteiger partial charge on any atom is -0.377 e. The summed E-state index contributed by atoms with van der Waals surface area (Å²) in [4.78, 5) is 14.1. The molecule has 3 nitrogen and oxygen atoms in total. The van der Waals surface area contributed by atoms with Crippen molar-refractivity contribution in [2.75, 3.05) is 26.2 Å². The molecule has 3 heteroatoms. The fourth-order valence-electron chi connectivity index (χ4n) is 2.18. The first-order valence-electron chi connectivity index (χ1n) is 7.04. The van der Waals surface area contributed by atoms with Gasteiger partial charge in [-0.05, 0) is 32.2 Å². The molecule has 0 bridgehead atoms. The number of carbonyl (C=O) groups excluding carboxylic acids is 1. The largest absolute Gasteiger partial charge is 0.377 e. The van der Waals surface area contributed by atoms with Gasteiger partial charge in [0, 0.05) is 19.1 Å². The summed E-state index contributed by atoms with van der Waals surface area (Å²) in [5.74, 6) is 0.579. The molecule has 1 aliphatic heterocycles. The summed E-state index contributed by atoms with van der Waals surface area (Å²) in [7, 11) is 0. The quantitative estimate of drug-likeness (QED) is 0.686. The highest BCUT2D eigenvalue weighted by molar-refractivity contribution is 5.82. The predicted molar refractivity (Wildman–Crippen MR) is 70.2 cm³/mol. The van der Waals surface area contributed by atoms with E-state index in [4.69, 9.17) is 4.74 Å². The molecule has 1 rings (SSSR count). The number of rotatable bonds is 7. The Morgan fingerprint density at radius 3 is 2.88 bits per heavy atom. The van der Waals surface area contributed by atoms with E-state index in [1.54, 1.807) is 0 Å². The Hall–Kier alpha value is -0.410. The number of Topliss-reactive ketones (excluding diaryl/α,β-unsaturated/α-hetero) is 1. The van der Waals surface area contributed by atoms with Crippen molar-refractivity contribution in [3.05, 3.63) is 0 Å². The lowest BCUT2D eigenvalue weighted by atomic mass is 10.0. The molecule has 0 aromatic heterocycles. The van der Waals surface area contributed by atoms with E-state index < -0.39 is 0 Å². The van der Waals surface area contributed by atoms with E-state index in [0.29, 0.717) is 18.4 Å². The Bertz CT molecular complexity index is 230. The molecular formula is C14H27NO2. The summed E-state index contributed by atoms with van der Waals surface area (Å²) >= 11 is 0. The van der Waals surface area contributed by atoms with Gasteiger partial charge in [-0.1, -0.05) is 20.8 Å². The first kappa shape index (κ1) is 14.7. The van der Waals surface area contributed by atoms with Crippen LogP contribution in [0.25, 0.3) is 0 Å². The van der Waals surface area contributed by atoms with Gasteiger partial charge in [-0.3, -0.25) is 9.69 Å². The maximum Gasteiger partial charge on any atom is 0.149 e. The highest BCUT2D eigenvalue weighted by Crippen LogP contribution is 2.14. The van der Waals surface area contributed by atoms with Gasteiger partial charge >= 0.3 is 0 Å². The van der Waals surface area contributed by atoms with Gasteiger partial charge in [0.2, 0.25) is 0 Å². The van der Waals surface area contributed by atoms with Crippen molar-refractivity contribution in [1.29, 1.82) is 0 Å². The molecule has 2 atom stereocenters. The Morgan fingerprint density at radius 2 is 2.24 bits per heavy atom. The molecule has 1 aliphatic rings. The Kier molecular flexibility index (Phi) is 6.75. The number of ketones is 1. The van der Waals surface area contributed by atoms with Gasteiger partial charge in [-0.15, -0.1) is 0 Å². The zero-order chi connectivity index (χ0) is 12.7. The number of likely N-dealkylation sites (tertiary alicyclic amines) is 1. The highest BCUT2D eigenvalue weighted by atomic mass is 16.5. The molecule has 0 N–H and O–H groups in total. The number of ether oxygens (including phenoxy) is 1. The van der Waals surface area contributed by atoms with Crippen LogP contribution in [-0.2, 0) is 9.53 Å². The summed E-state index contributed by atoms with van der Waals surface area (Å²) in [5, 5.41) is 0. The number of piperidine rings is 1. The van der Waals surface area contributed by atoms with Crippen molar-refractivity contribution in [3.63, 3.8) is 0 Å². The van der Waals surface area contributed by atoms with Gasteiger partial charge in [-0.2, -0.15) is 0 Å². The van der Waals surface area contributed by atoms with Crippen LogP contribution in [0.2, 0.25) is 0 Å².